The normalized spacial score (nSPS) is 22.3. The van der Waals surface area contributed by atoms with Crippen molar-refractivity contribution >= 4 is 17.4 Å². The predicted molar refractivity (Wildman–Crippen MR) is 117 cm³/mol. The van der Waals surface area contributed by atoms with E-state index in [2.05, 4.69) is 6.58 Å². The summed E-state index contributed by atoms with van der Waals surface area (Å²) in [4.78, 5) is 27.2. The van der Waals surface area contributed by atoms with Crippen molar-refractivity contribution in [1.29, 1.82) is 0 Å². The van der Waals surface area contributed by atoms with Crippen molar-refractivity contribution in [2.75, 3.05) is 19.8 Å². The van der Waals surface area contributed by atoms with Crippen molar-refractivity contribution in [3.8, 4) is 5.75 Å². The van der Waals surface area contributed by atoms with Gasteiger partial charge in [-0.3, -0.25) is 9.59 Å². The maximum Gasteiger partial charge on any atom is 0.295 e. The first-order chi connectivity index (χ1) is 15.5. The number of aliphatic hydroxyl groups is 1. The molecule has 0 radical (unpaired) electrons. The molecule has 2 saturated heterocycles. The third-order valence-corrected chi connectivity index (χ3v) is 5.66. The number of Topliss-reactive ketones (excluding diaryl/α,β-unsaturated/α-hetero) is 1. The maximum atomic E-state index is 14.8. The van der Waals surface area contributed by atoms with E-state index in [4.69, 9.17) is 9.47 Å². The molecule has 2 fully saturated rings. The van der Waals surface area contributed by atoms with Crippen LogP contribution in [0.25, 0.3) is 5.76 Å². The van der Waals surface area contributed by atoms with Crippen molar-refractivity contribution in [3.05, 3.63) is 83.7 Å². The lowest BCUT2D eigenvalue weighted by molar-refractivity contribution is -0.140. The second-order valence-corrected chi connectivity index (χ2v) is 7.73. The van der Waals surface area contributed by atoms with Crippen LogP contribution in [0.4, 0.5) is 4.39 Å². The SMILES string of the molecule is C=CCOc1ccc(C(O)=C2C(=O)C(=O)N(C[C@H]3CCCO3)[C@H]2c2ccccc2F)cc1. The number of likely N-dealkylation sites (tertiary alicyclic amines) is 1. The number of carbonyl (C=O) groups is 2. The maximum absolute atomic E-state index is 14.8. The lowest BCUT2D eigenvalue weighted by Crippen LogP contribution is -2.36. The number of nitrogens with zero attached hydrogens (tertiary/aromatic N) is 1. The molecule has 2 aromatic carbocycles. The van der Waals surface area contributed by atoms with E-state index in [1.54, 1.807) is 36.4 Å². The van der Waals surface area contributed by atoms with Gasteiger partial charge in [-0.25, -0.2) is 4.39 Å². The Bertz CT molecular complexity index is 1060. The molecular weight excluding hydrogens is 413 g/mol. The van der Waals surface area contributed by atoms with Gasteiger partial charge in [0.15, 0.2) is 0 Å². The van der Waals surface area contributed by atoms with E-state index in [0.29, 0.717) is 24.5 Å². The first kappa shape index (κ1) is 21.8. The molecule has 4 rings (SSSR count). The third-order valence-electron chi connectivity index (χ3n) is 5.66. The number of halogens is 1. The van der Waals surface area contributed by atoms with Crippen LogP contribution in [0.1, 0.15) is 30.0 Å². The fourth-order valence-corrected chi connectivity index (χ4v) is 4.12. The summed E-state index contributed by atoms with van der Waals surface area (Å²) in [5, 5.41) is 11.0. The zero-order chi connectivity index (χ0) is 22.7. The van der Waals surface area contributed by atoms with Gasteiger partial charge in [0, 0.05) is 24.3 Å². The van der Waals surface area contributed by atoms with Crippen molar-refractivity contribution in [3.63, 3.8) is 0 Å². The number of ether oxygens (including phenoxy) is 2. The van der Waals surface area contributed by atoms with Crippen LogP contribution in [-0.2, 0) is 14.3 Å². The Morgan fingerprint density at radius 3 is 2.62 bits per heavy atom. The van der Waals surface area contributed by atoms with Gasteiger partial charge >= 0.3 is 0 Å². The molecule has 32 heavy (non-hydrogen) atoms. The van der Waals surface area contributed by atoms with Crippen LogP contribution in [0.15, 0.2) is 66.8 Å². The average molecular weight is 437 g/mol. The summed E-state index contributed by atoms with van der Waals surface area (Å²) < 4.78 is 25.9. The van der Waals surface area contributed by atoms with Gasteiger partial charge in [0.1, 0.15) is 23.9 Å². The lowest BCUT2D eigenvalue weighted by Gasteiger charge is -2.27. The number of aliphatic hydroxyl groups excluding tert-OH is 1. The van der Waals surface area contributed by atoms with Crippen molar-refractivity contribution in [2.45, 2.75) is 25.0 Å². The molecule has 6 nitrogen and oxygen atoms in total. The molecule has 0 unspecified atom stereocenters. The number of benzene rings is 2. The van der Waals surface area contributed by atoms with Crippen LogP contribution in [0.2, 0.25) is 0 Å². The first-order valence-corrected chi connectivity index (χ1v) is 10.5. The monoisotopic (exact) mass is 437 g/mol. The number of ketones is 1. The van der Waals surface area contributed by atoms with Crippen LogP contribution in [-0.4, -0.2) is 47.6 Å². The van der Waals surface area contributed by atoms with E-state index in [1.807, 2.05) is 0 Å². The molecule has 1 amide bonds. The number of amides is 1. The summed E-state index contributed by atoms with van der Waals surface area (Å²) in [7, 11) is 0. The summed E-state index contributed by atoms with van der Waals surface area (Å²) in [6, 6.07) is 11.4. The summed E-state index contributed by atoms with van der Waals surface area (Å²) in [6.45, 7) is 4.65. The van der Waals surface area contributed by atoms with Crippen molar-refractivity contribution < 1.29 is 28.6 Å². The Morgan fingerprint density at radius 2 is 1.97 bits per heavy atom. The fourth-order valence-electron chi connectivity index (χ4n) is 4.12. The molecule has 166 valence electrons. The van der Waals surface area contributed by atoms with Crippen molar-refractivity contribution in [1.82, 2.24) is 4.90 Å². The highest BCUT2D eigenvalue weighted by molar-refractivity contribution is 6.46. The Morgan fingerprint density at radius 1 is 1.22 bits per heavy atom. The van der Waals surface area contributed by atoms with E-state index in [0.717, 1.165) is 12.8 Å². The number of hydrogen-bond donors (Lipinski definition) is 1. The lowest BCUT2D eigenvalue weighted by atomic mass is 9.94. The zero-order valence-corrected chi connectivity index (χ0v) is 17.5. The molecule has 0 saturated carbocycles. The summed E-state index contributed by atoms with van der Waals surface area (Å²) in [5.74, 6) is -1.98. The molecule has 2 atom stereocenters. The Hall–Kier alpha value is -3.45. The highest BCUT2D eigenvalue weighted by Gasteiger charge is 2.47. The quantitative estimate of drug-likeness (QED) is 0.307. The number of rotatable bonds is 7. The minimum Gasteiger partial charge on any atom is -0.507 e. The van der Waals surface area contributed by atoms with E-state index >= 15 is 0 Å². The van der Waals surface area contributed by atoms with Gasteiger partial charge in [-0.15, -0.1) is 0 Å². The van der Waals surface area contributed by atoms with E-state index in [1.165, 1.54) is 23.1 Å². The van der Waals surface area contributed by atoms with Crippen LogP contribution in [0, 0.1) is 5.82 Å². The fraction of sp³-hybridized carbons (Fsp3) is 0.280. The number of hydrogen-bond acceptors (Lipinski definition) is 5. The van der Waals surface area contributed by atoms with E-state index in [-0.39, 0.29) is 29.5 Å². The molecule has 2 aromatic rings. The first-order valence-electron chi connectivity index (χ1n) is 10.5. The van der Waals surface area contributed by atoms with Gasteiger partial charge in [0.05, 0.1) is 17.7 Å². The van der Waals surface area contributed by atoms with Gasteiger partial charge < -0.3 is 19.5 Å². The summed E-state index contributed by atoms with van der Waals surface area (Å²) >= 11 is 0. The molecule has 1 N–H and O–H groups in total. The smallest absolute Gasteiger partial charge is 0.295 e. The van der Waals surface area contributed by atoms with E-state index in [9.17, 15) is 19.1 Å². The van der Waals surface area contributed by atoms with Crippen LogP contribution < -0.4 is 4.74 Å². The highest BCUT2D eigenvalue weighted by atomic mass is 19.1. The minimum absolute atomic E-state index is 0.141. The Kier molecular flexibility index (Phi) is 6.37. The summed E-state index contributed by atoms with van der Waals surface area (Å²) in [6.07, 6.45) is 2.99. The Balaban J connectivity index is 1.77. The summed E-state index contributed by atoms with van der Waals surface area (Å²) in [5.41, 5.74) is 0.336. The molecule has 0 aliphatic carbocycles. The molecule has 2 aliphatic rings. The topological polar surface area (TPSA) is 76.1 Å². The second-order valence-electron chi connectivity index (χ2n) is 7.73. The standard InChI is InChI=1S/C25H24FNO5/c1-2-13-31-17-11-9-16(10-12-17)23(28)21-22(19-7-3-4-8-20(19)26)27(25(30)24(21)29)15-18-6-5-14-32-18/h2-4,7-12,18,22,28H,1,5-6,13-15H2/t18-,22+/m1/s1. The van der Waals surface area contributed by atoms with Crippen molar-refractivity contribution in [2.24, 2.45) is 0 Å². The van der Waals surface area contributed by atoms with Crippen LogP contribution >= 0.6 is 0 Å². The molecule has 7 heteroatoms. The van der Waals surface area contributed by atoms with Gasteiger partial charge in [-0.2, -0.15) is 0 Å². The second kappa shape index (κ2) is 9.36. The molecule has 0 spiro atoms. The van der Waals surface area contributed by atoms with Gasteiger partial charge in [0.25, 0.3) is 11.7 Å². The van der Waals surface area contributed by atoms with Crippen LogP contribution in [0.3, 0.4) is 0 Å². The molecule has 2 aliphatic heterocycles. The molecule has 0 aromatic heterocycles. The van der Waals surface area contributed by atoms with Gasteiger partial charge in [-0.1, -0.05) is 30.9 Å². The minimum atomic E-state index is -1.04. The Labute approximate surface area is 185 Å². The zero-order valence-electron chi connectivity index (χ0n) is 17.5. The third kappa shape index (κ3) is 4.16. The predicted octanol–water partition coefficient (Wildman–Crippen LogP) is 3.99. The molecular formula is C25H24FNO5. The average Bonchev–Trinajstić information content (AvgIpc) is 3.40. The largest absolute Gasteiger partial charge is 0.507 e. The van der Waals surface area contributed by atoms with E-state index < -0.39 is 23.5 Å². The van der Waals surface area contributed by atoms with Gasteiger partial charge in [-0.05, 0) is 43.2 Å². The van der Waals surface area contributed by atoms with Crippen LogP contribution in [0.5, 0.6) is 5.75 Å². The molecule has 2 heterocycles. The number of carbonyl (C=O) groups excluding carboxylic acids is 2. The van der Waals surface area contributed by atoms with Gasteiger partial charge in [0.2, 0.25) is 0 Å². The highest BCUT2D eigenvalue weighted by Crippen LogP contribution is 2.41. The molecule has 0 bridgehead atoms.